The third-order valence-electron chi connectivity index (χ3n) is 3.13. The average molecular weight is 320 g/mol. The van der Waals surface area contributed by atoms with Crippen molar-refractivity contribution in [1.29, 1.82) is 0 Å². The molecule has 0 spiro atoms. The van der Waals surface area contributed by atoms with Crippen molar-refractivity contribution in [2.75, 3.05) is 5.32 Å². The van der Waals surface area contributed by atoms with Crippen LogP contribution in [0, 0.1) is 0 Å². The van der Waals surface area contributed by atoms with Crippen molar-refractivity contribution in [3.8, 4) is 5.75 Å². The summed E-state index contributed by atoms with van der Waals surface area (Å²) in [6.45, 7) is 2.22. The fourth-order valence-corrected chi connectivity index (χ4v) is 2.15. The van der Waals surface area contributed by atoms with Gasteiger partial charge in [-0.05, 0) is 36.8 Å². The molecule has 6 heteroatoms. The van der Waals surface area contributed by atoms with Crippen molar-refractivity contribution in [3.05, 3.63) is 53.3 Å². The molecule has 1 amide bonds. The number of nitrogens with zero attached hydrogens (tertiary/aromatic N) is 1. The van der Waals surface area contributed by atoms with Crippen LogP contribution >= 0.6 is 11.6 Å². The summed E-state index contributed by atoms with van der Waals surface area (Å²) in [6.07, 6.45) is 2.31. The SMILES string of the molecule is CC[C@@H](Nc1ccc(OCc2ccccn2)c(Cl)c1)C(N)=O. The molecular weight excluding hydrogens is 302 g/mol. The number of halogens is 1. The van der Waals surface area contributed by atoms with Crippen LogP contribution in [0.5, 0.6) is 5.75 Å². The van der Waals surface area contributed by atoms with Gasteiger partial charge in [0.15, 0.2) is 0 Å². The molecule has 2 rings (SSSR count). The number of carbonyl (C=O) groups excluding carboxylic acids is 1. The lowest BCUT2D eigenvalue weighted by Crippen LogP contribution is -2.34. The van der Waals surface area contributed by atoms with Gasteiger partial charge in [-0.15, -0.1) is 0 Å². The molecule has 0 bridgehead atoms. The lowest BCUT2D eigenvalue weighted by molar-refractivity contribution is -0.118. The van der Waals surface area contributed by atoms with Crippen LogP contribution < -0.4 is 15.8 Å². The van der Waals surface area contributed by atoms with E-state index in [4.69, 9.17) is 22.1 Å². The van der Waals surface area contributed by atoms with Crippen LogP contribution in [0.4, 0.5) is 5.69 Å². The second kappa shape index (κ2) is 7.66. The fourth-order valence-electron chi connectivity index (χ4n) is 1.92. The molecule has 0 radical (unpaired) electrons. The molecule has 1 atom stereocenters. The van der Waals surface area contributed by atoms with E-state index >= 15 is 0 Å². The first-order valence-corrected chi connectivity index (χ1v) is 7.36. The maximum atomic E-state index is 11.2. The molecule has 0 saturated heterocycles. The lowest BCUT2D eigenvalue weighted by atomic mass is 10.2. The monoisotopic (exact) mass is 319 g/mol. The molecule has 116 valence electrons. The Kier molecular flexibility index (Phi) is 5.61. The minimum atomic E-state index is -0.420. The maximum Gasteiger partial charge on any atom is 0.239 e. The van der Waals surface area contributed by atoms with Crippen molar-refractivity contribution >= 4 is 23.2 Å². The Hall–Kier alpha value is -2.27. The standard InChI is InChI=1S/C16H18ClN3O2/c1-2-14(16(18)21)20-11-6-7-15(13(17)9-11)22-10-12-5-3-4-8-19-12/h3-9,14,20H,2,10H2,1H3,(H2,18,21)/t14-/m1/s1. The van der Waals surface area contributed by atoms with Gasteiger partial charge < -0.3 is 15.8 Å². The third-order valence-corrected chi connectivity index (χ3v) is 3.42. The van der Waals surface area contributed by atoms with E-state index in [1.807, 2.05) is 25.1 Å². The van der Waals surface area contributed by atoms with E-state index < -0.39 is 11.9 Å². The van der Waals surface area contributed by atoms with Gasteiger partial charge in [-0.2, -0.15) is 0 Å². The highest BCUT2D eigenvalue weighted by atomic mass is 35.5. The van der Waals surface area contributed by atoms with Gasteiger partial charge in [0.1, 0.15) is 18.4 Å². The zero-order chi connectivity index (χ0) is 15.9. The molecule has 1 aromatic carbocycles. The highest BCUT2D eigenvalue weighted by molar-refractivity contribution is 6.32. The van der Waals surface area contributed by atoms with Gasteiger partial charge in [-0.1, -0.05) is 24.6 Å². The van der Waals surface area contributed by atoms with E-state index in [9.17, 15) is 4.79 Å². The summed E-state index contributed by atoms with van der Waals surface area (Å²) in [5, 5.41) is 3.50. The summed E-state index contributed by atoms with van der Waals surface area (Å²) in [6, 6.07) is 10.5. The Morgan fingerprint density at radius 1 is 1.41 bits per heavy atom. The first-order chi connectivity index (χ1) is 10.6. The van der Waals surface area contributed by atoms with Gasteiger partial charge in [0, 0.05) is 11.9 Å². The zero-order valence-electron chi connectivity index (χ0n) is 12.3. The van der Waals surface area contributed by atoms with E-state index in [1.165, 1.54) is 0 Å². The summed E-state index contributed by atoms with van der Waals surface area (Å²) in [4.78, 5) is 15.4. The predicted molar refractivity (Wildman–Crippen MR) is 86.9 cm³/mol. The number of nitrogens with two attached hydrogens (primary N) is 1. The Bertz CT molecular complexity index is 635. The molecule has 0 aliphatic heterocycles. The van der Waals surface area contributed by atoms with E-state index in [0.29, 0.717) is 23.8 Å². The number of benzene rings is 1. The quantitative estimate of drug-likeness (QED) is 0.822. The smallest absolute Gasteiger partial charge is 0.239 e. The second-order valence-electron chi connectivity index (χ2n) is 4.76. The summed E-state index contributed by atoms with van der Waals surface area (Å²) >= 11 is 6.20. The highest BCUT2D eigenvalue weighted by Gasteiger charge is 2.13. The molecular formula is C16H18ClN3O2. The van der Waals surface area contributed by atoms with E-state index in [-0.39, 0.29) is 0 Å². The Balaban J connectivity index is 2.01. The normalized spacial score (nSPS) is 11.7. The minimum absolute atomic E-state index is 0.339. The molecule has 1 aromatic heterocycles. The second-order valence-corrected chi connectivity index (χ2v) is 5.17. The summed E-state index contributed by atoms with van der Waals surface area (Å²) in [5.41, 5.74) is 6.85. The van der Waals surface area contributed by atoms with Crippen LogP contribution in [0.2, 0.25) is 5.02 Å². The number of carbonyl (C=O) groups is 1. The zero-order valence-corrected chi connectivity index (χ0v) is 13.0. The summed E-state index contributed by atoms with van der Waals surface area (Å²) in [5.74, 6) is 0.166. The third kappa shape index (κ3) is 4.36. The van der Waals surface area contributed by atoms with Crippen LogP contribution in [0.25, 0.3) is 0 Å². The number of hydrogen-bond acceptors (Lipinski definition) is 4. The van der Waals surface area contributed by atoms with E-state index in [0.717, 1.165) is 11.4 Å². The molecule has 0 fully saturated rings. The molecule has 5 nitrogen and oxygen atoms in total. The van der Waals surface area contributed by atoms with Crippen LogP contribution in [0.15, 0.2) is 42.6 Å². The van der Waals surface area contributed by atoms with Gasteiger partial charge in [0.25, 0.3) is 0 Å². The van der Waals surface area contributed by atoms with Crippen LogP contribution in [0.3, 0.4) is 0 Å². The minimum Gasteiger partial charge on any atom is -0.486 e. The highest BCUT2D eigenvalue weighted by Crippen LogP contribution is 2.28. The number of pyridine rings is 1. The number of aromatic nitrogens is 1. The summed E-state index contributed by atoms with van der Waals surface area (Å²) < 4.78 is 5.64. The Labute approximate surface area is 134 Å². The number of ether oxygens (including phenoxy) is 1. The topological polar surface area (TPSA) is 77.2 Å². The van der Waals surface area contributed by atoms with Gasteiger partial charge in [-0.25, -0.2) is 0 Å². The molecule has 0 aliphatic carbocycles. The maximum absolute atomic E-state index is 11.2. The van der Waals surface area contributed by atoms with Gasteiger partial charge >= 0.3 is 0 Å². The number of primary amides is 1. The van der Waals surface area contributed by atoms with Crippen molar-refractivity contribution in [2.24, 2.45) is 5.73 Å². The van der Waals surface area contributed by atoms with Crippen LogP contribution in [-0.4, -0.2) is 16.9 Å². The molecule has 0 aliphatic rings. The number of hydrogen-bond donors (Lipinski definition) is 2. The molecule has 1 heterocycles. The number of nitrogens with one attached hydrogen (secondary N) is 1. The van der Waals surface area contributed by atoms with Gasteiger partial charge in [0.05, 0.1) is 10.7 Å². The van der Waals surface area contributed by atoms with E-state index in [1.54, 1.807) is 24.4 Å². The van der Waals surface area contributed by atoms with Crippen LogP contribution in [0.1, 0.15) is 19.0 Å². The Morgan fingerprint density at radius 3 is 2.82 bits per heavy atom. The first-order valence-electron chi connectivity index (χ1n) is 6.98. The van der Waals surface area contributed by atoms with Crippen molar-refractivity contribution < 1.29 is 9.53 Å². The van der Waals surface area contributed by atoms with Gasteiger partial charge in [-0.3, -0.25) is 9.78 Å². The van der Waals surface area contributed by atoms with Gasteiger partial charge in [0.2, 0.25) is 5.91 Å². The number of amides is 1. The largest absolute Gasteiger partial charge is 0.486 e. The van der Waals surface area contributed by atoms with Crippen molar-refractivity contribution in [2.45, 2.75) is 26.0 Å². The predicted octanol–water partition coefficient (Wildman–Crippen LogP) is 2.99. The summed E-state index contributed by atoms with van der Waals surface area (Å²) in [7, 11) is 0. The van der Waals surface area contributed by atoms with Crippen molar-refractivity contribution in [1.82, 2.24) is 4.98 Å². The number of rotatable bonds is 7. The van der Waals surface area contributed by atoms with Crippen LogP contribution in [-0.2, 0) is 11.4 Å². The Morgan fingerprint density at radius 2 is 2.23 bits per heavy atom. The molecule has 0 unspecified atom stereocenters. The first kappa shape index (κ1) is 16.1. The molecule has 2 aromatic rings. The van der Waals surface area contributed by atoms with E-state index in [2.05, 4.69) is 10.3 Å². The lowest BCUT2D eigenvalue weighted by Gasteiger charge is -2.16. The fraction of sp³-hybridized carbons (Fsp3) is 0.250. The molecule has 3 N–H and O–H groups in total. The molecule has 0 saturated carbocycles. The number of anilines is 1. The average Bonchev–Trinajstić information content (AvgIpc) is 2.52. The van der Waals surface area contributed by atoms with Crippen molar-refractivity contribution in [3.63, 3.8) is 0 Å². The molecule has 22 heavy (non-hydrogen) atoms.